The lowest BCUT2D eigenvalue weighted by molar-refractivity contribution is -0.115. The Labute approximate surface area is 141 Å². The molecule has 1 amide bonds. The SMILES string of the molecule is Cc1ccc(CC(=O)Nc2c(N)cc(Br)cc2Br)cc1C. The van der Waals surface area contributed by atoms with Crippen LogP contribution in [0.5, 0.6) is 0 Å². The van der Waals surface area contributed by atoms with Gasteiger partial charge in [-0.2, -0.15) is 0 Å². The lowest BCUT2D eigenvalue weighted by Crippen LogP contribution is -2.16. The summed E-state index contributed by atoms with van der Waals surface area (Å²) in [6.07, 6.45) is 0.322. The number of nitrogen functional groups attached to an aromatic ring is 1. The number of benzene rings is 2. The minimum absolute atomic E-state index is 0.0898. The zero-order valence-corrected chi connectivity index (χ0v) is 15.0. The summed E-state index contributed by atoms with van der Waals surface area (Å²) in [6.45, 7) is 4.10. The first-order chi connectivity index (χ1) is 9.86. The molecule has 110 valence electrons. The molecule has 0 radical (unpaired) electrons. The minimum atomic E-state index is -0.0898. The van der Waals surface area contributed by atoms with E-state index in [-0.39, 0.29) is 5.91 Å². The third-order valence-electron chi connectivity index (χ3n) is 3.29. The lowest BCUT2D eigenvalue weighted by atomic mass is 10.0. The van der Waals surface area contributed by atoms with Crippen LogP contribution >= 0.6 is 31.9 Å². The zero-order valence-electron chi connectivity index (χ0n) is 11.8. The molecular formula is C16H16Br2N2O. The quantitative estimate of drug-likeness (QED) is 0.725. The molecule has 0 aliphatic rings. The minimum Gasteiger partial charge on any atom is -0.397 e. The molecular weight excluding hydrogens is 396 g/mol. The van der Waals surface area contributed by atoms with Gasteiger partial charge in [-0.05, 0) is 58.6 Å². The Morgan fingerprint density at radius 1 is 1.14 bits per heavy atom. The van der Waals surface area contributed by atoms with Crippen LogP contribution < -0.4 is 11.1 Å². The van der Waals surface area contributed by atoms with Gasteiger partial charge in [0.05, 0.1) is 17.8 Å². The average Bonchev–Trinajstić information content (AvgIpc) is 2.38. The van der Waals surface area contributed by atoms with E-state index in [1.165, 1.54) is 11.1 Å². The molecule has 2 rings (SSSR count). The number of carbonyl (C=O) groups excluding carboxylic acids is 1. The summed E-state index contributed by atoms with van der Waals surface area (Å²) in [7, 11) is 0. The Balaban J connectivity index is 2.13. The van der Waals surface area contributed by atoms with Crippen LogP contribution in [0.2, 0.25) is 0 Å². The number of aryl methyl sites for hydroxylation is 2. The lowest BCUT2D eigenvalue weighted by Gasteiger charge is -2.11. The first-order valence-corrected chi connectivity index (χ1v) is 8.06. The predicted molar refractivity (Wildman–Crippen MR) is 94.5 cm³/mol. The van der Waals surface area contributed by atoms with Gasteiger partial charge in [-0.3, -0.25) is 4.79 Å². The molecule has 3 nitrogen and oxygen atoms in total. The van der Waals surface area contributed by atoms with Gasteiger partial charge >= 0.3 is 0 Å². The fourth-order valence-electron chi connectivity index (χ4n) is 2.01. The molecule has 0 saturated heterocycles. The molecule has 0 saturated carbocycles. The Hall–Kier alpha value is -1.33. The summed E-state index contributed by atoms with van der Waals surface area (Å²) in [4.78, 5) is 12.2. The molecule has 0 spiro atoms. The summed E-state index contributed by atoms with van der Waals surface area (Å²) in [5.74, 6) is -0.0898. The number of hydrogen-bond donors (Lipinski definition) is 2. The molecule has 5 heteroatoms. The van der Waals surface area contributed by atoms with Crippen LogP contribution in [0.3, 0.4) is 0 Å². The number of anilines is 2. The maximum Gasteiger partial charge on any atom is 0.228 e. The second kappa shape index (κ2) is 6.62. The highest BCUT2D eigenvalue weighted by molar-refractivity contribution is 9.11. The van der Waals surface area contributed by atoms with Crippen molar-refractivity contribution in [3.05, 3.63) is 56.0 Å². The molecule has 0 fully saturated rings. The number of rotatable bonds is 3. The van der Waals surface area contributed by atoms with Gasteiger partial charge < -0.3 is 11.1 Å². The number of carbonyl (C=O) groups is 1. The topological polar surface area (TPSA) is 55.1 Å². The Kier molecular flexibility index (Phi) is 5.06. The molecule has 0 unspecified atom stereocenters. The number of hydrogen-bond acceptors (Lipinski definition) is 2. The highest BCUT2D eigenvalue weighted by Crippen LogP contribution is 2.32. The maximum atomic E-state index is 12.2. The van der Waals surface area contributed by atoms with E-state index in [2.05, 4.69) is 44.1 Å². The second-order valence-corrected chi connectivity index (χ2v) is 6.77. The van der Waals surface area contributed by atoms with Gasteiger partial charge in [0.25, 0.3) is 0 Å². The average molecular weight is 412 g/mol. The molecule has 21 heavy (non-hydrogen) atoms. The summed E-state index contributed by atoms with van der Waals surface area (Å²) in [5.41, 5.74) is 10.4. The van der Waals surface area contributed by atoms with Crippen LogP contribution in [0.15, 0.2) is 39.3 Å². The molecule has 0 aliphatic heterocycles. The first kappa shape index (κ1) is 16.0. The molecule has 2 aromatic rings. The predicted octanol–water partition coefficient (Wildman–Crippen LogP) is 4.59. The summed E-state index contributed by atoms with van der Waals surface area (Å²) < 4.78 is 1.61. The highest BCUT2D eigenvalue weighted by atomic mass is 79.9. The normalized spacial score (nSPS) is 10.5. The van der Waals surface area contributed by atoms with Gasteiger partial charge in [0.1, 0.15) is 0 Å². The van der Waals surface area contributed by atoms with Crippen LogP contribution in [0.4, 0.5) is 11.4 Å². The van der Waals surface area contributed by atoms with E-state index in [9.17, 15) is 4.79 Å². The van der Waals surface area contributed by atoms with Crippen LogP contribution in [-0.2, 0) is 11.2 Å². The van der Waals surface area contributed by atoms with Crippen molar-refractivity contribution >= 4 is 49.1 Å². The first-order valence-electron chi connectivity index (χ1n) is 6.47. The van der Waals surface area contributed by atoms with E-state index < -0.39 is 0 Å². The fraction of sp³-hybridized carbons (Fsp3) is 0.188. The van der Waals surface area contributed by atoms with Crippen molar-refractivity contribution in [1.29, 1.82) is 0 Å². The number of nitrogens with two attached hydrogens (primary N) is 1. The van der Waals surface area contributed by atoms with Gasteiger partial charge in [0.15, 0.2) is 0 Å². The monoisotopic (exact) mass is 410 g/mol. The Morgan fingerprint density at radius 3 is 2.48 bits per heavy atom. The van der Waals surface area contributed by atoms with Crippen molar-refractivity contribution < 1.29 is 4.79 Å². The van der Waals surface area contributed by atoms with Crippen molar-refractivity contribution in [3.8, 4) is 0 Å². The summed E-state index contributed by atoms with van der Waals surface area (Å²) in [5, 5.41) is 2.86. The van der Waals surface area contributed by atoms with E-state index in [0.717, 1.165) is 14.5 Å². The van der Waals surface area contributed by atoms with Crippen molar-refractivity contribution in [3.63, 3.8) is 0 Å². The Morgan fingerprint density at radius 2 is 1.86 bits per heavy atom. The summed E-state index contributed by atoms with van der Waals surface area (Å²) >= 11 is 6.77. The van der Waals surface area contributed by atoms with E-state index in [1.54, 1.807) is 6.07 Å². The molecule has 2 aromatic carbocycles. The largest absolute Gasteiger partial charge is 0.397 e. The highest BCUT2D eigenvalue weighted by Gasteiger charge is 2.11. The molecule has 0 aromatic heterocycles. The maximum absolute atomic E-state index is 12.2. The number of halogens is 2. The van der Waals surface area contributed by atoms with E-state index in [1.807, 2.05) is 31.2 Å². The van der Waals surface area contributed by atoms with Crippen LogP contribution in [0, 0.1) is 13.8 Å². The zero-order chi connectivity index (χ0) is 15.6. The van der Waals surface area contributed by atoms with Gasteiger partial charge in [-0.1, -0.05) is 34.1 Å². The third kappa shape index (κ3) is 4.08. The molecule has 3 N–H and O–H groups in total. The van der Waals surface area contributed by atoms with E-state index >= 15 is 0 Å². The van der Waals surface area contributed by atoms with Gasteiger partial charge in [0.2, 0.25) is 5.91 Å². The Bertz CT molecular complexity index is 676. The smallest absolute Gasteiger partial charge is 0.228 e. The molecule has 0 atom stereocenters. The van der Waals surface area contributed by atoms with Crippen molar-refractivity contribution in [2.45, 2.75) is 20.3 Å². The standard InChI is InChI=1S/C16H16Br2N2O/c1-9-3-4-11(5-10(9)2)6-15(21)20-16-13(18)7-12(17)8-14(16)19/h3-5,7-8H,6,19H2,1-2H3,(H,20,21). The molecule has 0 aliphatic carbocycles. The number of amides is 1. The molecule has 0 heterocycles. The van der Waals surface area contributed by atoms with Gasteiger partial charge in [-0.15, -0.1) is 0 Å². The van der Waals surface area contributed by atoms with Gasteiger partial charge in [0, 0.05) is 8.95 Å². The van der Waals surface area contributed by atoms with Crippen molar-refractivity contribution in [2.75, 3.05) is 11.1 Å². The second-order valence-electron chi connectivity index (χ2n) is 5.00. The molecule has 0 bridgehead atoms. The van der Waals surface area contributed by atoms with Gasteiger partial charge in [-0.25, -0.2) is 0 Å². The van der Waals surface area contributed by atoms with E-state index in [0.29, 0.717) is 17.8 Å². The van der Waals surface area contributed by atoms with Crippen LogP contribution in [0.1, 0.15) is 16.7 Å². The van der Waals surface area contributed by atoms with E-state index in [4.69, 9.17) is 5.73 Å². The van der Waals surface area contributed by atoms with Crippen molar-refractivity contribution in [2.24, 2.45) is 0 Å². The summed E-state index contributed by atoms with van der Waals surface area (Å²) in [6, 6.07) is 9.65. The van der Waals surface area contributed by atoms with Crippen molar-refractivity contribution in [1.82, 2.24) is 0 Å². The fourth-order valence-corrected chi connectivity index (χ4v) is 3.37. The van der Waals surface area contributed by atoms with Crippen LogP contribution in [0.25, 0.3) is 0 Å². The third-order valence-corrected chi connectivity index (χ3v) is 4.37. The number of nitrogens with one attached hydrogen (secondary N) is 1. The van der Waals surface area contributed by atoms with Crippen LogP contribution in [-0.4, -0.2) is 5.91 Å².